The van der Waals surface area contributed by atoms with Gasteiger partial charge in [-0.15, -0.1) is 0 Å². The van der Waals surface area contributed by atoms with Crippen LogP contribution in [-0.2, 0) is 9.59 Å². The van der Waals surface area contributed by atoms with E-state index in [0.717, 1.165) is 0 Å². The molecule has 0 rings (SSSR count). The monoisotopic (exact) mass is 165 g/mol. The van der Waals surface area contributed by atoms with Crippen LogP contribution >= 0.6 is 0 Å². The van der Waals surface area contributed by atoms with E-state index in [2.05, 4.69) is 0 Å². The van der Waals surface area contributed by atoms with E-state index >= 15 is 0 Å². The summed E-state index contributed by atoms with van der Waals surface area (Å²) in [6.45, 7) is 1.33. The molecule has 0 saturated heterocycles. The van der Waals surface area contributed by atoms with Gasteiger partial charge in [0.15, 0.2) is 0 Å². The summed E-state index contributed by atoms with van der Waals surface area (Å²) < 4.78 is 24.1. The lowest BCUT2D eigenvalue weighted by molar-refractivity contribution is -0.143. The molecule has 0 aromatic carbocycles. The number of carbonyl (C=O) groups excluding carboxylic acids is 2. The highest BCUT2D eigenvalue weighted by atomic mass is 19.3. The maximum atomic E-state index is 12.0. The molecule has 0 unspecified atom stereocenters. The maximum Gasteiger partial charge on any atom is 0.321 e. The highest BCUT2D eigenvalue weighted by molar-refractivity contribution is 5.87. The van der Waals surface area contributed by atoms with Crippen LogP contribution in [0.4, 0.5) is 8.78 Å². The number of hydrogen-bond donors (Lipinski definition) is 1. The van der Waals surface area contributed by atoms with Gasteiger partial charge in [0, 0.05) is 6.92 Å². The molecule has 64 valence electrons. The summed E-state index contributed by atoms with van der Waals surface area (Å²) >= 11 is 0. The van der Waals surface area contributed by atoms with Gasteiger partial charge in [0.2, 0.25) is 0 Å². The van der Waals surface area contributed by atoms with E-state index in [-0.39, 0.29) is 12.3 Å². The second-order valence-corrected chi connectivity index (χ2v) is 2.27. The number of hydrogen-bond acceptors (Lipinski definition) is 2. The second-order valence-electron chi connectivity index (χ2n) is 2.27. The van der Waals surface area contributed by atoms with E-state index in [1.54, 1.807) is 5.32 Å². The molecule has 0 aromatic rings. The normalized spacial score (nSPS) is 10.9. The summed E-state index contributed by atoms with van der Waals surface area (Å²) in [4.78, 5) is 20.6. The molecule has 0 atom stereocenters. The Morgan fingerprint density at radius 3 is 2.18 bits per heavy atom. The average molecular weight is 165 g/mol. The average Bonchev–Trinajstić information content (AvgIpc) is 1.80. The Bertz CT molecular complexity index is 174. The Kier molecular flexibility index (Phi) is 3.10. The number of amides is 1. The third kappa shape index (κ3) is 4.41. The predicted molar refractivity (Wildman–Crippen MR) is 34.3 cm³/mol. The molecule has 0 aliphatic rings. The van der Waals surface area contributed by atoms with Crippen molar-refractivity contribution in [2.75, 3.05) is 6.54 Å². The zero-order valence-corrected chi connectivity index (χ0v) is 6.28. The van der Waals surface area contributed by atoms with Crippen molar-refractivity contribution in [2.45, 2.75) is 19.8 Å². The van der Waals surface area contributed by atoms with Gasteiger partial charge in [0.1, 0.15) is 5.78 Å². The van der Waals surface area contributed by atoms with Gasteiger partial charge in [-0.2, -0.15) is 8.78 Å². The van der Waals surface area contributed by atoms with Gasteiger partial charge in [-0.3, -0.25) is 9.59 Å². The highest BCUT2D eigenvalue weighted by Gasteiger charge is 2.31. The lowest BCUT2D eigenvalue weighted by Gasteiger charge is -2.08. The Morgan fingerprint density at radius 2 is 1.91 bits per heavy atom. The van der Waals surface area contributed by atoms with Crippen molar-refractivity contribution in [3.8, 4) is 0 Å². The van der Waals surface area contributed by atoms with Crippen molar-refractivity contribution in [3.63, 3.8) is 0 Å². The largest absolute Gasteiger partial charge is 0.344 e. The number of halogens is 2. The van der Waals surface area contributed by atoms with E-state index in [1.165, 1.54) is 6.92 Å². The molecule has 0 radical (unpaired) electrons. The van der Waals surface area contributed by atoms with E-state index in [4.69, 9.17) is 0 Å². The number of rotatable bonds is 3. The number of carbonyl (C=O) groups is 2. The van der Waals surface area contributed by atoms with Gasteiger partial charge in [-0.1, -0.05) is 0 Å². The standard InChI is InChI=1S/C6H9F2NO2/c1-4(10)3-9-5(11)6(2,7)8/h3H2,1-2H3,(H,9,11). The van der Waals surface area contributed by atoms with Crippen molar-refractivity contribution in [3.05, 3.63) is 0 Å². The molecular weight excluding hydrogens is 156 g/mol. The molecule has 0 aliphatic heterocycles. The summed E-state index contributed by atoms with van der Waals surface area (Å²) in [5.74, 6) is -5.19. The number of ketones is 1. The van der Waals surface area contributed by atoms with Gasteiger partial charge >= 0.3 is 5.92 Å². The molecule has 0 fully saturated rings. The van der Waals surface area contributed by atoms with Crippen molar-refractivity contribution in [1.29, 1.82) is 0 Å². The van der Waals surface area contributed by atoms with Crippen LogP contribution in [0, 0.1) is 0 Å². The topological polar surface area (TPSA) is 46.2 Å². The van der Waals surface area contributed by atoms with Gasteiger partial charge < -0.3 is 5.32 Å². The molecule has 3 nitrogen and oxygen atoms in total. The fourth-order valence-corrected chi connectivity index (χ4v) is 0.360. The first kappa shape index (κ1) is 10.0. The van der Waals surface area contributed by atoms with Crippen LogP contribution in [0.15, 0.2) is 0 Å². The quantitative estimate of drug-likeness (QED) is 0.655. The van der Waals surface area contributed by atoms with Crippen LogP contribution in [0.3, 0.4) is 0 Å². The SMILES string of the molecule is CC(=O)CNC(=O)C(C)(F)F. The summed E-state index contributed by atoms with van der Waals surface area (Å²) in [6, 6.07) is 0. The minimum atomic E-state index is -3.41. The molecular formula is C6H9F2NO2. The van der Waals surface area contributed by atoms with Gasteiger partial charge in [-0.25, -0.2) is 0 Å². The molecule has 0 heterocycles. The van der Waals surface area contributed by atoms with Crippen LogP contribution < -0.4 is 5.32 Å². The highest BCUT2D eigenvalue weighted by Crippen LogP contribution is 2.10. The smallest absolute Gasteiger partial charge is 0.321 e. The van der Waals surface area contributed by atoms with Crippen molar-refractivity contribution in [1.82, 2.24) is 5.32 Å². The zero-order valence-electron chi connectivity index (χ0n) is 6.28. The molecule has 0 spiro atoms. The number of alkyl halides is 2. The first-order valence-electron chi connectivity index (χ1n) is 2.99. The second kappa shape index (κ2) is 3.41. The molecule has 0 bridgehead atoms. The van der Waals surface area contributed by atoms with Gasteiger partial charge in [0.25, 0.3) is 5.91 Å². The Balaban J connectivity index is 3.80. The van der Waals surface area contributed by atoms with Gasteiger partial charge in [0.05, 0.1) is 6.54 Å². The van der Waals surface area contributed by atoms with Gasteiger partial charge in [-0.05, 0) is 6.92 Å². The lowest BCUT2D eigenvalue weighted by atomic mass is 10.3. The minimum Gasteiger partial charge on any atom is -0.344 e. The zero-order chi connectivity index (χ0) is 9.07. The maximum absolute atomic E-state index is 12.0. The summed E-state index contributed by atoms with van der Waals surface area (Å²) in [5, 5.41) is 1.78. The minimum absolute atomic E-state index is 0.345. The fourth-order valence-electron chi connectivity index (χ4n) is 0.360. The molecule has 11 heavy (non-hydrogen) atoms. The molecule has 0 aromatic heterocycles. The van der Waals surface area contributed by atoms with E-state index < -0.39 is 11.8 Å². The summed E-state index contributed by atoms with van der Waals surface area (Å²) in [7, 11) is 0. The van der Waals surface area contributed by atoms with Crippen molar-refractivity contribution >= 4 is 11.7 Å². The van der Waals surface area contributed by atoms with E-state index in [1.807, 2.05) is 0 Å². The van der Waals surface area contributed by atoms with Crippen LogP contribution in [-0.4, -0.2) is 24.2 Å². The summed E-state index contributed by atoms with van der Waals surface area (Å²) in [6.07, 6.45) is 0. The van der Waals surface area contributed by atoms with Crippen LogP contribution in [0.25, 0.3) is 0 Å². The lowest BCUT2D eigenvalue weighted by Crippen LogP contribution is -2.39. The molecule has 5 heteroatoms. The Hall–Kier alpha value is -1.00. The van der Waals surface area contributed by atoms with Crippen molar-refractivity contribution < 1.29 is 18.4 Å². The first-order chi connectivity index (χ1) is 4.84. The molecule has 0 saturated carbocycles. The van der Waals surface area contributed by atoms with Crippen molar-refractivity contribution in [2.24, 2.45) is 0 Å². The summed E-state index contributed by atoms with van der Waals surface area (Å²) in [5.41, 5.74) is 0. The fraction of sp³-hybridized carbons (Fsp3) is 0.667. The van der Waals surface area contributed by atoms with E-state index in [9.17, 15) is 18.4 Å². The predicted octanol–water partition coefficient (Wildman–Crippen LogP) is 0.347. The molecule has 1 amide bonds. The first-order valence-corrected chi connectivity index (χ1v) is 2.99. The molecule has 1 N–H and O–H groups in total. The third-order valence-corrected chi connectivity index (χ3v) is 0.897. The van der Waals surface area contributed by atoms with E-state index in [0.29, 0.717) is 6.92 Å². The third-order valence-electron chi connectivity index (χ3n) is 0.897. The number of nitrogens with one attached hydrogen (secondary N) is 1. The Morgan fingerprint density at radius 1 is 1.45 bits per heavy atom. The van der Waals surface area contributed by atoms with Crippen LogP contribution in [0.5, 0.6) is 0 Å². The van der Waals surface area contributed by atoms with Crippen LogP contribution in [0.1, 0.15) is 13.8 Å². The van der Waals surface area contributed by atoms with Crippen LogP contribution in [0.2, 0.25) is 0 Å². The Labute approximate surface area is 62.8 Å². The molecule has 0 aliphatic carbocycles. The number of Topliss-reactive ketones (excluding diaryl/α,β-unsaturated/α-hetero) is 1.